The van der Waals surface area contributed by atoms with Crippen molar-refractivity contribution in [3.05, 3.63) is 82.6 Å². The third-order valence-corrected chi connectivity index (χ3v) is 5.28. The summed E-state index contributed by atoms with van der Waals surface area (Å²) in [6.45, 7) is 4.91. The van der Waals surface area contributed by atoms with E-state index in [1.165, 1.54) is 5.56 Å². The van der Waals surface area contributed by atoms with Gasteiger partial charge in [-0.25, -0.2) is 0 Å². The molecule has 1 amide bonds. The number of hydrogen-bond donors (Lipinski definition) is 1. The summed E-state index contributed by atoms with van der Waals surface area (Å²) in [5, 5.41) is 3.49. The molecule has 5 nitrogen and oxygen atoms in total. The van der Waals surface area contributed by atoms with Gasteiger partial charge in [0.05, 0.1) is 18.2 Å². The highest BCUT2D eigenvalue weighted by molar-refractivity contribution is 6.33. The maximum Gasteiger partial charge on any atom is 0.287 e. The Morgan fingerprint density at radius 2 is 1.69 bits per heavy atom. The van der Waals surface area contributed by atoms with Crippen LogP contribution in [0.1, 0.15) is 21.7 Å². The fourth-order valence-electron chi connectivity index (χ4n) is 3.32. The van der Waals surface area contributed by atoms with Crippen LogP contribution in [0.2, 0.25) is 5.02 Å². The molecule has 1 saturated heterocycles. The van der Waals surface area contributed by atoms with Crippen LogP contribution in [0.5, 0.6) is 0 Å². The van der Waals surface area contributed by atoms with Gasteiger partial charge in [-0.05, 0) is 35.4 Å². The Hall–Kier alpha value is -2.60. The zero-order valence-corrected chi connectivity index (χ0v) is 16.8. The molecule has 1 N–H and O–H groups in total. The van der Waals surface area contributed by atoms with E-state index in [0.717, 1.165) is 44.0 Å². The molecule has 0 bridgehead atoms. The van der Waals surface area contributed by atoms with Crippen LogP contribution in [-0.2, 0) is 17.8 Å². The lowest BCUT2D eigenvalue weighted by Crippen LogP contribution is -2.35. The summed E-state index contributed by atoms with van der Waals surface area (Å²) < 4.78 is 11.1. The van der Waals surface area contributed by atoms with Gasteiger partial charge in [-0.15, -0.1) is 0 Å². The lowest BCUT2D eigenvalue weighted by Gasteiger charge is -2.26. The lowest BCUT2D eigenvalue weighted by atomic mass is 10.1. The highest BCUT2D eigenvalue weighted by Crippen LogP contribution is 2.29. The Bertz CT molecular complexity index is 962. The predicted molar refractivity (Wildman–Crippen MR) is 113 cm³/mol. The molecule has 0 unspecified atom stereocenters. The van der Waals surface area contributed by atoms with E-state index < -0.39 is 0 Å². The number of rotatable bonds is 6. The van der Waals surface area contributed by atoms with Crippen LogP contribution in [0.25, 0.3) is 11.3 Å². The third kappa shape index (κ3) is 5.07. The standard InChI is InChI=1S/C23H23ClN2O3/c24-20-4-2-1-3-19(20)21-9-10-22(29-21)23(27)25-15-17-5-7-18(8-6-17)16-26-11-13-28-14-12-26/h1-10H,11-16H2,(H,25,27). The molecule has 0 atom stereocenters. The molecule has 150 valence electrons. The average Bonchev–Trinajstić information content (AvgIpc) is 3.24. The Labute approximate surface area is 175 Å². The van der Waals surface area contributed by atoms with E-state index in [1.807, 2.05) is 30.3 Å². The molecule has 1 aliphatic heterocycles. The second-order valence-corrected chi connectivity index (χ2v) is 7.44. The minimum absolute atomic E-state index is 0.249. The second-order valence-electron chi connectivity index (χ2n) is 7.03. The van der Waals surface area contributed by atoms with Gasteiger partial charge < -0.3 is 14.5 Å². The molecule has 0 aliphatic carbocycles. The Balaban J connectivity index is 1.32. The van der Waals surface area contributed by atoms with E-state index >= 15 is 0 Å². The van der Waals surface area contributed by atoms with E-state index in [4.69, 9.17) is 20.8 Å². The third-order valence-electron chi connectivity index (χ3n) is 4.96. The number of furan rings is 1. The molecule has 3 aromatic rings. The van der Waals surface area contributed by atoms with E-state index in [2.05, 4.69) is 22.3 Å². The second kappa shape index (κ2) is 9.27. The molecule has 1 aromatic heterocycles. The summed E-state index contributed by atoms with van der Waals surface area (Å²) in [4.78, 5) is 14.8. The number of halogens is 1. The molecule has 0 radical (unpaired) electrons. The molecule has 0 spiro atoms. The lowest BCUT2D eigenvalue weighted by molar-refractivity contribution is 0.0342. The van der Waals surface area contributed by atoms with Crippen molar-refractivity contribution >= 4 is 17.5 Å². The van der Waals surface area contributed by atoms with Crippen molar-refractivity contribution in [1.82, 2.24) is 10.2 Å². The van der Waals surface area contributed by atoms with Crippen molar-refractivity contribution in [3.8, 4) is 11.3 Å². The zero-order chi connectivity index (χ0) is 20.1. The summed E-state index contributed by atoms with van der Waals surface area (Å²) in [6, 6.07) is 19.1. The molecular weight excluding hydrogens is 388 g/mol. The molecular formula is C23H23ClN2O3. The van der Waals surface area contributed by atoms with E-state index in [0.29, 0.717) is 17.3 Å². The maximum absolute atomic E-state index is 12.4. The summed E-state index contributed by atoms with van der Waals surface area (Å²) >= 11 is 6.19. The number of carbonyl (C=O) groups is 1. The van der Waals surface area contributed by atoms with Crippen LogP contribution in [0.15, 0.2) is 65.1 Å². The number of amides is 1. The first-order valence-electron chi connectivity index (χ1n) is 9.70. The summed E-state index contributed by atoms with van der Waals surface area (Å²) in [7, 11) is 0. The fourth-order valence-corrected chi connectivity index (χ4v) is 3.54. The molecule has 29 heavy (non-hydrogen) atoms. The molecule has 4 rings (SSSR count). The number of carbonyl (C=O) groups excluding carboxylic acids is 1. The highest BCUT2D eigenvalue weighted by atomic mass is 35.5. The number of ether oxygens (including phenoxy) is 1. The van der Waals surface area contributed by atoms with Gasteiger partial charge in [0.2, 0.25) is 0 Å². The first-order valence-corrected chi connectivity index (χ1v) is 10.1. The molecule has 2 aromatic carbocycles. The van der Waals surface area contributed by atoms with Crippen molar-refractivity contribution in [3.63, 3.8) is 0 Å². The smallest absolute Gasteiger partial charge is 0.287 e. The molecule has 1 aliphatic rings. The van der Waals surface area contributed by atoms with Crippen molar-refractivity contribution in [1.29, 1.82) is 0 Å². The Morgan fingerprint density at radius 1 is 0.966 bits per heavy atom. The van der Waals surface area contributed by atoms with Crippen molar-refractivity contribution in [2.24, 2.45) is 0 Å². The minimum atomic E-state index is -0.249. The summed E-state index contributed by atoms with van der Waals surface area (Å²) in [5.41, 5.74) is 3.07. The van der Waals surface area contributed by atoms with Crippen LogP contribution in [0, 0.1) is 0 Å². The van der Waals surface area contributed by atoms with Gasteiger partial charge in [-0.3, -0.25) is 9.69 Å². The number of benzene rings is 2. The van der Waals surface area contributed by atoms with E-state index in [1.54, 1.807) is 18.2 Å². The minimum Gasteiger partial charge on any atom is -0.451 e. The number of nitrogens with zero attached hydrogens (tertiary/aromatic N) is 1. The molecule has 6 heteroatoms. The van der Waals surface area contributed by atoms with Crippen LogP contribution in [0.4, 0.5) is 0 Å². The molecule has 1 fully saturated rings. The quantitative estimate of drug-likeness (QED) is 0.656. The number of nitrogens with one attached hydrogen (secondary N) is 1. The largest absolute Gasteiger partial charge is 0.451 e. The van der Waals surface area contributed by atoms with Crippen molar-refractivity contribution in [2.75, 3.05) is 26.3 Å². The maximum atomic E-state index is 12.4. The van der Waals surface area contributed by atoms with Crippen LogP contribution in [-0.4, -0.2) is 37.1 Å². The monoisotopic (exact) mass is 410 g/mol. The predicted octanol–water partition coefficient (Wildman–Crippen LogP) is 4.36. The first-order chi connectivity index (χ1) is 14.2. The van der Waals surface area contributed by atoms with Crippen LogP contribution >= 0.6 is 11.6 Å². The normalized spacial score (nSPS) is 14.7. The van der Waals surface area contributed by atoms with Gasteiger partial charge in [-0.2, -0.15) is 0 Å². The zero-order valence-electron chi connectivity index (χ0n) is 16.1. The van der Waals surface area contributed by atoms with E-state index in [-0.39, 0.29) is 11.7 Å². The summed E-state index contributed by atoms with van der Waals surface area (Å²) in [6.07, 6.45) is 0. The van der Waals surface area contributed by atoms with Gasteiger partial charge in [-0.1, -0.05) is 48.0 Å². The van der Waals surface area contributed by atoms with Gasteiger partial charge in [0.1, 0.15) is 5.76 Å². The van der Waals surface area contributed by atoms with E-state index in [9.17, 15) is 4.79 Å². The van der Waals surface area contributed by atoms with Crippen molar-refractivity contribution < 1.29 is 13.9 Å². The van der Waals surface area contributed by atoms with Gasteiger partial charge in [0.15, 0.2) is 5.76 Å². The number of hydrogen-bond acceptors (Lipinski definition) is 4. The molecule has 2 heterocycles. The average molecular weight is 411 g/mol. The first kappa shape index (κ1) is 19.7. The Kier molecular flexibility index (Phi) is 6.30. The Morgan fingerprint density at radius 3 is 2.45 bits per heavy atom. The van der Waals surface area contributed by atoms with Crippen molar-refractivity contribution in [2.45, 2.75) is 13.1 Å². The highest BCUT2D eigenvalue weighted by Gasteiger charge is 2.14. The fraction of sp³-hybridized carbons (Fsp3) is 0.261. The SMILES string of the molecule is O=C(NCc1ccc(CN2CCOCC2)cc1)c1ccc(-c2ccccc2Cl)o1. The van der Waals surface area contributed by atoms with Gasteiger partial charge in [0.25, 0.3) is 5.91 Å². The van der Waals surface area contributed by atoms with Gasteiger partial charge >= 0.3 is 0 Å². The van der Waals surface area contributed by atoms with Crippen LogP contribution < -0.4 is 5.32 Å². The number of morpholine rings is 1. The molecule has 0 saturated carbocycles. The van der Waals surface area contributed by atoms with Crippen LogP contribution in [0.3, 0.4) is 0 Å². The van der Waals surface area contributed by atoms with Gasteiger partial charge in [0, 0.05) is 31.7 Å². The topological polar surface area (TPSA) is 54.7 Å². The summed E-state index contributed by atoms with van der Waals surface area (Å²) in [5.74, 6) is 0.595.